The van der Waals surface area contributed by atoms with E-state index in [0.717, 1.165) is 5.39 Å². The summed E-state index contributed by atoms with van der Waals surface area (Å²) in [6.07, 6.45) is 0. The van der Waals surface area contributed by atoms with Gasteiger partial charge in [0.25, 0.3) is 0 Å². The zero-order valence-corrected chi connectivity index (χ0v) is 7.62. The fourth-order valence-electron chi connectivity index (χ4n) is 1.35. The number of hydrogen-bond donors (Lipinski definition) is 0. The van der Waals surface area contributed by atoms with Gasteiger partial charge in [-0.05, 0) is 17.7 Å². The Morgan fingerprint density at radius 3 is 2.93 bits per heavy atom. The standard InChI is InChI=1S/C10H5N5/c11-6-7-5-10(14-15-12)8-3-1-2-4-9(8)13-7/h1-5H. The number of pyridine rings is 1. The maximum atomic E-state index is 8.74. The molecule has 0 fully saturated rings. The smallest absolute Gasteiger partial charge is 0.141 e. The average molecular weight is 195 g/mol. The number of nitrogens with zero attached hydrogens (tertiary/aromatic N) is 5. The number of benzene rings is 1. The van der Waals surface area contributed by atoms with E-state index in [9.17, 15) is 0 Å². The van der Waals surface area contributed by atoms with Gasteiger partial charge in [0.15, 0.2) is 0 Å². The van der Waals surface area contributed by atoms with Crippen molar-refractivity contribution in [2.24, 2.45) is 5.11 Å². The molecule has 0 bridgehead atoms. The summed E-state index contributed by atoms with van der Waals surface area (Å²) in [6.45, 7) is 0. The summed E-state index contributed by atoms with van der Waals surface area (Å²) in [5.41, 5.74) is 9.73. The Morgan fingerprint density at radius 1 is 1.40 bits per heavy atom. The molecule has 2 aromatic rings. The van der Waals surface area contributed by atoms with E-state index in [1.807, 2.05) is 18.2 Å². The van der Waals surface area contributed by atoms with E-state index in [2.05, 4.69) is 15.0 Å². The van der Waals surface area contributed by atoms with Crippen molar-refractivity contribution >= 4 is 16.6 Å². The van der Waals surface area contributed by atoms with Crippen LogP contribution in [-0.4, -0.2) is 4.98 Å². The van der Waals surface area contributed by atoms with Gasteiger partial charge in [0.1, 0.15) is 11.8 Å². The molecule has 0 N–H and O–H groups in total. The van der Waals surface area contributed by atoms with Gasteiger partial charge in [0.05, 0.1) is 5.52 Å². The Kier molecular flexibility index (Phi) is 2.20. The van der Waals surface area contributed by atoms with Crippen LogP contribution in [-0.2, 0) is 0 Å². The number of para-hydroxylation sites is 1. The zero-order chi connectivity index (χ0) is 10.7. The number of azide groups is 1. The molecule has 1 aromatic carbocycles. The number of rotatable bonds is 1. The molecule has 0 aliphatic heterocycles. The van der Waals surface area contributed by atoms with Crippen LogP contribution in [0.15, 0.2) is 35.4 Å². The molecule has 0 unspecified atom stereocenters. The first-order valence-corrected chi connectivity index (χ1v) is 4.20. The summed E-state index contributed by atoms with van der Waals surface area (Å²) in [7, 11) is 0. The number of aromatic nitrogens is 1. The third kappa shape index (κ3) is 1.57. The lowest BCUT2D eigenvalue weighted by Gasteiger charge is -2.00. The van der Waals surface area contributed by atoms with Crippen molar-refractivity contribution in [3.63, 3.8) is 0 Å². The van der Waals surface area contributed by atoms with Gasteiger partial charge in [-0.15, -0.1) is 0 Å². The Morgan fingerprint density at radius 2 is 2.20 bits per heavy atom. The van der Waals surface area contributed by atoms with Gasteiger partial charge in [0, 0.05) is 16.0 Å². The summed E-state index contributed by atoms with van der Waals surface area (Å²) < 4.78 is 0. The Balaban J connectivity index is 2.87. The predicted octanol–water partition coefficient (Wildman–Crippen LogP) is 3.05. The fourth-order valence-corrected chi connectivity index (χ4v) is 1.35. The van der Waals surface area contributed by atoms with Crippen molar-refractivity contribution in [3.05, 3.63) is 46.5 Å². The van der Waals surface area contributed by atoms with E-state index in [1.54, 1.807) is 12.1 Å². The normalized spacial score (nSPS) is 9.27. The van der Waals surface area contributed by atoms with Gasteiger partial charge in [-0.2, -0.15) is 5.26 Å². The SMILES string of the molecule is N#Cc1cc(N=[N+]=[N-])c2ccccc2n1. The first-order chi connectivity index (χ1) is 7.35. The van der Waals surface area contributed by atoms with Crippen LogP contribution >= 0.6 is 0 Å². The summed E-state index contributed by atoms with van der Waals surface area (Å²) in [4.78, 5) is 6.81. The van der Waals surface area contributed by atoms with E-state index in [4.69, 9.17) is 10.8 Å². The molecule has 1 heterocycles. The maximum absolute atomic E-state index is 8.74. The number of hydrogen-bond acceptors (Lipinski definition) is 3. The first kappa shape index (κ1) is 9.00. The molecule has 0 saturated carbocycles. The fraction of sp³-hybridized carbons (Fsp3) is 0. The summed E-state index contributed by atoms with van der Waals surface area (Å²) in [5.74, 6) is 0. The highest BCUT2D eigenvalue weighted by atomic mass is 15.1. The van der Waals surface area contributed by atoms with Crippen molar-refractivity contribution in [1.29, 1.82) is 5.26 Å². The second-order valence-corrected chi connectivity index (χ2v) is 2.85. The number of fused-ring (bicyclic) bond motifs is 1. The third-order valence-corrected chi connectivity index (χ3v) is 1.96. The van der Waals surface area contributed by atoms with Gasteiger partial charge in [-0.1, -0.05) is 23.3 Å². The average Bonchev–Trinajstić information content (AvgIpc) is 2.29. The van der Waals surface area contributed by atoms with Gasteiger partial charge in [-0.3, -0.25) is 0 Å². The summed E-state index contributed by atoms with van der Waals surface area (Å²) >= 11 is 0. The molecule has 1 aromatic heterocycles. The molecule has 15 heavy (non-hydrogen) atoms. The quantitative estimate of drug-likeness (QED) is 0.397. The van der Waals surface area contributed by atoms with Crippen LogP contribution in [0.1, 0.15) is 5.69 Å². The topological polar surface area (TPSA) is 85.4 Å². The molecule has 0 atom stereocenters. The van der Waals surface area contributed by atoms with Crippen molar-refractivity contribution in [2.75, 3.05) is 0 Å². The van der Waals surface area contributed by atoms with E-state index in [0.29, 0.717) is 11.2 Å². The van der Waals surface area contributed by atoms with Gasteiger partial charge >= 0.3 is 0 Å². The Labute approximate surface area is 85.2 Å². The van der Waals surface area contributed by atoms with Crippen molar-refractivity contribution in [3.8, 4) is 6.07 Å². The van der Waals surface area contributed by atoms with Crippen LogP contribution in [0.3, 0.4) is 0 Å². The molecular formula is C10H5N5. The first-order valence-electron chi connectivity index (χ1n) is 4.20. The lowest BCUT2D eigenvalue weighted by Crippen LogP contribution is -1.84. The van der Waals surface area contributed by atoms with Crippen LogP contribution in [0.2, 0.25) is 0 Å². The van der Waals surface area contributed by atoms with Crippen LogP contribution < -0.4 is 0 Å². The summed E-state index contributed by atoms with van der Waals surface area (Å²) in [6, 6.07) is 10.6. The van der Waals surface area contributed by atoms with Crippen LogP contribution in [0.4, 0.5) is 5.69 Å². The highest BCUT2D eigenvalue weighted by Gasteiger charge is 2.02. The van der Waals surface area contributed by atoms with Crippen LogP contribution in [0.5, 0.6) is 0 Å². The lowest BCUT2D eigenvalue weighted by atomic mass is 10.1. The molecule has 0 aliphatic rings. The van der Waals surface area contributed by atoms with Gasteiger partial charge < -0.3 is 0 Å². The minimum Gasteiger partial charge on any atom is -0.237 e. The molecule has 2 rings (SSSR count). The van der Waals surface area contributed by atoms with Gasteiger partial charge in [0.2, 0.25) is 0 Å². The highest BCUT2D eigenvalue weighted by Crippen LogP contribution is 2.25. The third-order valence-electron chi connectivity index (χ3n) is 1.96. The molecule has 70 valence electrons. The van der Waals surface area contributed by atoms with E-state index < -0.39 is 0 Å². The lowest BCUT2D eigenvalue weighted by molar-refractivity contribution is 1.31. The molecule has 0 aliphatic carbocycles. The van der Waals surface area contributed by atoms with Crippen molar-refractivity contribution < 1.29 is 0 Å². The van der Waals surface area contributed by atoms with Gasteiger partial charge in [-0.25, -0.2) is 4.98 Å². The minimum absolute atomic E-state index is 0.246. The van der Waals surface area contributed by atoms with Crippen LogP contribution in [0, 0.1) is 11.3 Å². The largest absolute Gasteiger partial charge is 0.237 e. The second-order valence-electron chi connectivity index (χ2n) is 2.85. The Bertz CT molecular complexity index is 605. The van der Waals surface area contributed by atoms with E-state index in [-0.39, 0.29) is 5.69 Å². The molecule has 0 spiro atoms. The molecular weight excluding hydrogens is 190 g/mol. The predicted molar refractivity (Wildman–Crippen MR) is 55.3 cm³/mol. The van der Waals surface area contributed by atoms with Crippen LogP contribution in [0.25, 0.3) is 21.3 Å². The second kappa shape index (κ2) is 3.66. The zero-order valence-electron chi connectivity index (χ0n) is 7.62. The molecule has 5 heteroatoms. The molecule has 0 radical (unpaired) electrons. The summed E-state index contributed by atoms with van der Waals surface area (Å²) in [5, 5.41) is 13.0. The minimum atomic E-state index is 0.246. The maximum Gasteiger partial charge on any atom is 0.141 e. The Hall–Kier alpha value is -2.57. The van der Waals surface area contributed by atoms with Crippen molar-refractivity contribution in [2.45, 2.75) is 0 Å². The molecule has 5 nitrogen and oxygen atoms in total. The molecule has 0 amide bonds. The monoisotopic (exact) mass is 195 g/mol. The van der Waals surface area contributed by atoms with E-state index >= 15 is 0 Å². The molecule has 0 saturated heterocycles. The van der Waals surface area contributed by atoms with Crippen molar-refractivity contribution in [1.82, 2.24) is 4.98 Å². The number of nitriles is 1. The van der Waals surface area contributed by atoms with E-state index in [1.165, 1.54) is 6.07 Å². The highest BCUT2D eigenvalue weighted by molar-refractivity contribution is 5.90.